The Hall–Kier alpha value is -1.92. The zero-order chi connectivity index (χ0) is 15.9. The molecule has 0 radical (unpaired) electrons. The van der Waals surface area contributed by atoms with E-state index in [0.717, 1.165) is 17.8 Å². The molecule has 3 rings (SSSR count). The molecule has 2 heterocycles. The Morgan fingerprint density at radius 2 is 2.04 bits per heavy atom. The number of carbonyl (C=O) groups is 1. The lowest BCUT2D eigenvalue weighted by Gasteiger charge is -2.26. The van der Waals surface area contributed by atoms with Gasteiger partial charge in [0.25, 0.3) is 0 Å². The standard InChI is InChI=1S/C17H21N3O2S/c21-17(20-8-10-22-11-9-20)18-7-6-16-19-13-15(23-16)12-14-4-2-1-3-5-14/h1-5,13H,6-12H2,(H,18,21). The Morgan fingerprint density at radius 1 is 1.26 bits per heavy atom. The lowest BCUT2D eigenvalue weighted by Crippen LogP contribution is -2.46. The van der Waals surface area contributed by atoms with E-state index in [2.05, 4.69) is 34.6 Å². The number of urea groups is 1. The molecule has 1 fully saturated rings. The van der Waals surface area contributed by atoms with Gasteiger partial charge in [-0.25, -0.2) is 9.78 Å². The van der Waals surface area contributed by atoms with Gasteiger partial charge in [0, 0.05) is 43.5 Å². The van der Waals surface area contributed by atoms with Gasteiger partial charge in [0.05, 0.1) is 18.2 Å². The van der Waals surface area contributed by atoms with Gasteiger partial charge in [0.1, 0.15) is 0 Å². The summed E-state index contributed by atoms with van der Waals surface area (Å²) in [7, 11) is 0. The van der Waals surface area contributed by atoms with Crippen LogP contribution >= 0.6 is 11.3 Å². The van der Waals surface area contributed by atoms with Crippen LogP contribution in [0.2, 0.25) is 0 Å². The quantitative estimate of drug-likeness (QED) is 0.915. The van der Waals surface area contributed by atoms with Crippen molar-refractivity contribution in [3.63, 3.8) is 0 Å². The molecule has 0 aliphatic carbocycles. The van der Waals surface area contributed by atoms with Crippen molar-refractivity contribution < 1.29 is 9.53 Å². The van der Waals surface area contributed by atoms with Crippen LogP contribution in [0, 0.1) is 0 Å². The molecule has 1 aromatic carbocycles. The fourth-order valence-electron chi connectivity index (χ4n) is 2.50. The zero-order valence-corrected chi connectivity index (χ0v) is 13.8. The van der Waals surface area contributed by atoms with Crippen LogP contribution in [0.1, 0.15) is 15.4 Å². The molecule has 0 unspecified atom stereocenters. The molecule has 0 spiro atoms. The third-order valence-electron chi connectivity index (χ3n) is 3.74. The number of aromatic nitrogens is 1. The monoisotopic (exact) mass is 331 g/mol. The first-order valence-corrected chi connectivity index (χ1v) is 8.71. The summed E-state index contributed by atoms with van der Waals surface area (Å²) in [6.45, 7) is 3.22. The highest BCUT2D eigenvalue weighted by Crippen LogP contribution is 2.17. The first kappa shape index (κ1) is 16.0. The number of rotatable bonds is 5. The van der Waals surface area contributed by atoms with Crippen molar-refractivity contribution in [2.24, 2.45) is 0 Å². The lowest BCUT2D eigenvalue weighted by molar-refractivity contribution is 0.0533. The molecule has 0 atom stereocenters. The fourth-order valence-corrected chi connectivity index (χ4v) is 3.45. The van der Waals surface area contributed by atoms with Crippen molar-refractivity contribution in [3.8, 4) is 0 Å². The number of carbonyl (C=O) groups excluding carboxylic acids is 1. The lowest BCUT2D eigenvalue weighted by atomic mass is 10.1. The van der Waals surface area contributed by atoms with Gasteiger partial charge in [0.15, 0.2) is 0 Å². The maximum Gasteiger partial charge on any atom is 0.317 e. The number of amides is 2. The average Bonchev–Trinajstić information content (AvgIpc) is 3.04. The summed E-state index contributed by atoms with van der Waals surface area (Å²) in [5.41, 5.74) is 1.29. The van der Waals surface area contributed by atoms with Crippen molar-refractivity contribution >= 4 is 17.4 Å². The van der Waals surface area contributed by atoms with Crippen molar-refractivity contribution in [2.45, 2.75) is 12.8 Å². The number of nitrogens with one attached hydrogen (secondary N) is 1. The highest BCUT2D eigenvalue weighted by molar-refractivity contribution is 7.11. The molecule has 2 aromatic rings. The van der Waals surface area contributed by atoms with Crippen LogP contribution in [0.3, 0.4) is 0 Å². The van der Waals surface area contributed by atoms with Gasteiger partial charge in [-0.1, -0.05) is 30.3 Å². The van der Waals surface area contributed by atoms with Gasteiger partial charge in [-0.2, -0.15) is 0 Å². The highest BCUT2D eigenvalue weighted by Gasteiger charge is 2.16. The van der Waals surface area contributed by atoms with E-state index >= 15 is 0 Å². The van der Waals surface area contributed by atoms with Crippen LogP contribution in [0.15, 0.2) is 36.5 Å². The van der Waals surface area contributed by atoms with Gasteiger partial charge >= 0.3 is 6.03 Å². The molecular weight excluding hydrogens is 310 g/mol. The number of benzene rings is 1. The normalized spacial score (nSPS) is 14.7. The number of morpholine rings is 1. The van der Waals surface area contributed by atoms with E-state index in [1.54, 1.807) is 16.2 Å². The second-order valence-electron chi connectivity index (χ2n) is 5.46. The van der Waals surface area contributed by atoms with Crippen molar-refractivity contribution in [2.75, 3.05) is 32.8 Å². The van der Waals surface area contributed by atoms with E-state index in [9.17, 15) is 4.79 Å². The molecule has 1 saturated heterocycles. The van der Waals surface area contributed by atoms with Gasteiger partial charge < -0.3 is 15.0 Å². The molecule has 1 aliphatic heterocycles. The molecule has 122 valence electrons. The Labute approximate surface area is 140 Å². The molecule has 2 amide bonds. The molecule has 1 aliphatic rings. The van der Waals surface area contributed by atoms with Crippen LogP contribution in [-0.2, 0) is 17.6 Å². The minimum Gasteiger partial charge on any atom is -0.378 e. The van der Waals surface area contributed by atoms with E-state index < -0.39 is 0 Å². The second-order valence-corrected chi connectivity index (χ2v) is 6.66. The topological polar surface area (TPSA) is 54.5 Å². The molecule has 23 heavy (non-hydrogen) atoms. The first-order valence-electron chi connectivity index (χ1n) is 7.89. The number of ether oxygens (including phenoxy) is 1. The van der Waals surface area contributed by atoms with Crippen LogP contribution < -0.4 is 5.32 Å². The molecular formula is C17H21N3O2S. The SMILES string of the molecule is O=C(NCCc1ncc(Cc2ccccc2)s1)N1CCOCC1. The van der Waals surface area contributed by atoms with Crippen molar-refractivity contribution in [3.05, 3.63) is 52.0 Å². The molecule has 1 N–H and O–H groups in total. The summed E-state index contributed by atoms with van der Waals surface area (Å²) < 4.78 is 5.25. The van der Waals surface area contributed by atoms with Crippen LogP contribution in [-0.4, -0.2) is 48.8 Å². The van der Waals surface area contributed by atoms with Gasteiger partial charge in [0.2, 0.25) is 0 Å². The summed E-state index contributed by atoms with van der Waals surface area (Å²) in [4.78, 5) is 19.5. The Kier molecular flexibility index (Phi) is 5.60. The summed E-state index contributed by atoms with van der Waals surface area (Å²) in [5, 5.41) is 4.03. The molecule has 6 heteroatoms. The number of hydrogen-bond acceptors (Lipinski definition) is 4. The van der Waals surface area contributed by atoms with Crippen molar-refractivity contribution in [1.82, 2.24) is 15.2 Å². The predicted molar refractivity (Wildman–Crippen MR) is 90.9 cm³/mol. The third-order valence-corrected chi connectivity index (χ3v) is 4.79. The summed E-state index contributed by atoms with van der Waals surface area (Å²) in [5.74, 6) is 0. The van der Waals surface area contributed by atoms with E-state index in [-0.39, 0.29) is 6.03 Å². The average molecular weight is 331 g/mol. The van der Waals surface area contributed by atoms with Gasteiger partial charge in [-0.3, -0.25) is 0 Å². The number of thiazole rings is 1. The smallest absolute Gasteiger partial charge is 0.317 e. The Balaban J connectivity index is 1.43. The molecule has 5 nitrogen and oxygen atoms in total. The minimum atomic E-state index is -0.00522. The Bertz CT molecular complexity index is 624. The molecule has 0 saturated carbocycles. The molecule has 0 bridgehead atoms. The third kappa shape index (κ3) is 4.77. The first-order chi connectivity index (χ1) is 11.3. The minimum absolute atomic E-state index is 0.00522. The van der Waals surface area contributed by atoms with Gasteiger partial charge in [-0.05, 0) is 5.56 Å². The van der Waals surface area contributed by atoms with Crippen LogP contribution in [0.4, 0.5) is 4.79 Å². The second kappa shape index (κ2) is 8.08. The largest absolute Gasteiger partial charge is 0.378 e. The van der Waals surface area contributed by atoms with Crippen LogP contribution in [0.5, 0.6) is 0 Å². The number of nitrogens with zero attached hydrogens (tertiary/aromatic N) is 2. The van der Waals surface area contributed by atoms with Crippen molar-refractivity contribution in [1.29, 1.82) is 0 Å². The van der Waals surface area contributed by atoms with Gasteiger partial charge in [-0.15, -0.1) is 11.3 Å². The predicted octanol–water partition coefficient (Wildman–Crippen LogP) is 2.32. The zero-order valence-electron chi connectivity index (χ0n) is 13.0. The molecule has 1 aromatic heterocycles. The Morgan fingerprint density at radius 3 is 2.83 bits per heavy atom. The van der Waals surface area contributed by atoms with Crippen LogP contribution in [0.25, 0.3) is 0 Å². The fraction of sp³-hybridized carbons (Fsp3) is 0.412. The maximum atomic E-state index is 12.0. The summed E-state index contributed by atoms with van der Waals surface area (Å²) in [6, 6.07) is 10.4. The highest BCUT2D eigenvalue weighted by atomic mass is 32.1. The van der Waals surface area contributed by atoms with E-state index in [0.29, 0.717) is 32.8 Å². The summed E-state index contributed by atoms with van der Waals surface area (Å²) in [6.07, 6.45) is 3.63. The van der Waals surface area contributed by atoms with E-state index in [1.807, 2.05) is 12.3 Å². The maximum absolute atomic E-state index is 12.0. The van der Waals surface area contributed by atoms with E-state index in [1.165, 1.54) is 10.4 Å². The number of hydrogen-bond donors (Lipinski definition) is 1. The van der Waals surface area contributed by atoms with E-state index in [4.69, 9.17) is 4.74 Å². The summed E-state index contributed by atoms with van der Waals surface area (Å²) >= 11 is 1.72.